The number of anilines is 1. The average molecular weight is 633 g/mol. The minimum Gasteiger partial charge on any atom is -0.453 e. The molecule has 0 unspecified atom stereocenters. The Kier molecular flexibility index (Phi) is 8.22. The van der Waals surface area contributed by atoms with Crippen LogP contribution in [0.4, 0.5) is 18.9 Å². The van der Waals surface area contributed by atoms with Crippen LogP contribution in [0.1, 0.15) is 23.1 Å². The Hall–Kier alpha value is -2.92. The molecule has 0 heterocycles. The fourth-order valence-corrected chi connectivity index (χ4v) is 4.29. The van der Waals surface area contributed by atoms with E-state index in [9.17, 15) is 22.0 Å². The monoisotopic (exact) mass is 631 g/mol. The Labute approximate surface area is 215 Å². The van der Waals surface area contributed by atoms with E-state index in [-0.39, 0.29) is 37.7 Å². The first-order valence-corrected chi connectivity index (χ1v) is 12.6. The fraction of sp³-hybridized carbons (Fsp3) is 0.0909. The number of alkyl halides is 2. The third-order valence-electron chi connectivity index (χ3n) is 4.54. The molecule has 0 radical (unpaired) electrons. The van der Waals surface area contributed by atoms with Crippen LogP contribution >= 0.6 is 31.9 Å². The lowest BCUT2D eigenvalue weighted by atomic mass is 10.1. The van der Waals surface area contributed by atoms with Gasteiger partial charge in [-0.15, -0.1) is 0 Å². The van der Waals surface area contributed by atoms with E-state index in [4.69, 9.17) is 15.1 Å². The minimum atomic E-state index is -3.90. The molecule has 13 heteroatoms. The molecule has 0 fully saturated rings. The van der Waals surface area contributed by atoms with E-state index < -0.39 is 40.2 Å². The van der Waals surface area contributed by atoms with Crippen molar-refractivity contribution in [2.45, 2.75) is 17.7 Å². The highest BCUT2D eigenvalue weighted by molar-refractivity contribution is 9.13. The smallest absolute Gasteiger partial charge is 0.264 e. The summed E-state index contributed by atoms with van der Waals surface area (Å²) in [6, 6.07) is 11.3. The van der Waals surface area contributed by atoms with Crippen molar-refractivity contribution >= 4 is 53.5 Å². The van der Waals surface area contributed by atoms with Crippen LogP contribution < -0.4 is 15.2 Å². The van der Waals surface area contributed by atoms with E-state index in [1.54, 1.807) is 6.07 Å². The highest BCUT2D eigenvalue weighted by atomic mass is 79.9. The number of ether oxygens (including phenoxy) is 1. The number of halogens is 5. The number of hydrogen-bond donors (Lipinski definition) is 2. The quantitative estimate of drug-likeness (QED) is 0.320. The predicted octanol–water partition coefficient (Wildman–Crippen LogP) is 5.78. The standard InChI is InChI=1S/C22H14Br2F3N3O4S/c23-17-8-12(9-18(31)30-14-1-3-16(4-2-14)35(29,32)33)20(25)21(19(17)24)34-15-6-11(10-28)5-13(7-15)22(26)27/h1-8,22H,9H2,(H,30,31)(H2,29,32,33). The number of carbonyl (C=O) groups is 1. The van der Waals surface area contributed by atoms with Gasteiger partial charge in [0.25, 0.3) is 6.43 Å². The molecule has 3 N–H and O–H groups in total. The van der Waals surface area contributed by atoms with Crippen LogP contribution in [0.5, 0.6) is 11.5 Å². The first-order chi connectivity index (χ1) is 16.4. The van der Waals surface area contributed by atoms with Crippen molar-refractivity contribution in [1.29, 1.82) is 5.26 Å². The summed E-state index contributed by atoms with van der Waals surface area (Å²) in [7, 11) is -3.90. The predicted molar refractivity (Wildman–Crippen MR) is 128 cm³/mol. The van der Waals surface area contributed by atoms with Crippen molar-refractivity contribution < 1.29 is 31.1 Å². The molecule has 0 saturated carbocycles. The van der Waals surface area contributed by atoms with Crippen LogP contribution in [0, 0.1) is 17.1 Å². The fourth-order valence-electron chi connectivity index (χ4n) is 2.94. The second-order valence-corrected chi connectivity index (χ2v) is 10.3. The number of primary sulfonamides is 1. The maximum Gasteiger partial charge on any atom is 0.264 e. The number of amides is 1. The van der Waals surface area contributed by atoms with Gasteiger partial charge in [0, 0.05) is 21.3 Å². The molecular weight excluding hydrogens is 619 g/mol. The number of carbonyl (C=O) groups excluding carboxylic acids is 1. The maximum atomic E-state index is 15.3. The van der Waals surface area contributed by atoms with Crippen molar-refractivity contribution in [2.75, 3.05) is 5.32 Å². The van der Waals surface area contributed by atoms with Crippen LogP contribution in [0.25, 0.3) is 0 Å². The topological polar surface area (TPSA) is 122 Å². The third-order valence-corrected chi connectivity index (χ3v) is 7.41. The summed E-state index contributed by atoms with van der Waals surface area (Å²) in [6.07, 6.45) is -3.31. The molecular formula is C22H14Br2F3N3O4S. The number of nitrogens with one attached hydrogen (secondary N) is 1. The molecule has 0 aromatic heterocycles. The van der Waals surface area contributed by atoms with Gasteiger partial charge in [-0.2, -0.15) is 5.26 Å². The van der Waals surface area contributed by atoms with Gasteiger partial charge in [0.15, 0.2) is 11.6 Å². The lowest BCUT2D eigenvalue weighted by Crippen LogP contribution is -2.16. The molecule has 0 aliphatic rings. The Morgan fingerprint density at radius 3 is 2.37 bits per heavy atom. The molecule has 0 aliphatic carbocycles. The van der Waals surface area contributed by atoms with Crippen LogP contribution in [0.3, 0.4) is 0 Å². The van der Waals surface area contributed by atoms with Gasteiger partial charge in [0.05, 0.1) is 27.4 Å². The molecule has 0 aliphatic heterocycles. The van der Waals surface area contributed by atoms with E-state index >= 15 is 4.39 Å². The normalized spacial score (nSPS) is 11.3. The van der Waals surface area contributed by atoms with Gasteiger partial charge in [-0.3, -0.25) is 4.79 Å². The number of benzene rings is 3. The SMILES string of the molecule is N#Cc1cc(Oc2c(F)c(CC(=O)Nc3ccc(S(N)(=O)=O)cc3)cc(Br)c2Br)cc(C(F)F)c1. The first kappa shape index (κ1) is 26.7. The Morgan fingerprint density at radius 1 is 1.14 bits per heavy atom. The van der Waals surface area contributed by atoms with Crippen LogP contribution in [0.15, 0.2) is 62.4 Å². The third kappa shape index (κ3) is 6.61. The zero-order chi connectivity index (χ0) is 25.9. The Bertz CT molecular complexity index is 1440. The van der Waals surface area contributed by atoms with Gasteiger partial charge in [-0.25, -0.2) is 26.7 Å². The molecule has 1 amide bonds. The second-order valence-electron chi connectivity index (χ2n) is 7.07. The average Bonchev–Trinajstić information content (AvgIpc) is 2.79. The number of nitrogens with zero attached hydrogens (tertiary/aromatic N) is 1. The summed E-state index contributed by atoms with van der Waals surface area (Å²) in [4.78, 5) is 12.3. The first-order valence-electron chi connectivity index (χ1n) is 9.49. The molecule has 0 bridgehead atoms. The van der Waals surface area contributed by atoms with Gasteiger partial charge in [-0.05, 0) is 80.4 Å². The zero-order valence-corrected chi connectivity index (χ0v) is 21.3. The summed E-state index contributed by atoms with van der Waals surface area (Å²) < 4.78 is 70.2. The zero-order valence-electron chi connectivity index (χ0n) is 17.4. The van der Waals surface area contributed by atoms with E-state index in [1.165, 1.54) is 36.4 Å². The molecule has 35 heavy (non-hydrogen) atoms. The van der Waals surface area contributed by atoms with E-state index in [1.807, 2.05) is 0 Å². The van der Waals surface area contributed by atoms with Gasteiger partial charge in [0.2, 0.25) is 15.9 Å². The number of sulfonamides is 1. The number of nitrogens with two attached hydrogens (primary N) is 1. The Morgan fingerprint density at radius 2 is 1.80 bits per heavy atom. The highest BCUT2D eigenvalue weighted by Crippen LogP contribution is 2.40. The summed E-state index contributed by atoms with van der Waals surface area (Å²) in [5.74, 6) is -2.13. The van der Waals surface area contributed by atoms with Crippen molar-refractivity contribution in [1.82, 2.24) is 0 Å². The van der Waals surface area contributed by atoms with Crippen LogP contribution in [-0.2, 0) is 21.2 Å². The summed E-state index contributed by atoms with van der Waals surface area (Å²) in [6.45, 7) is 0. The van der Waals surface area contributed by atoms with E-state index in [0.717, 1.165) is 12.1 Å². The van der Waals surface area contributed by atoms with Gasteiger partial charge in [0.1, 0.15) is 5.75 Å². The molecule has 3 aromatic rings. The molecule has 3 rings (SSSR count). The second kappa shape index (κ2) is 10.8. The lowest BCUT2D eigenvalue weighted by Gasteiger charge is -2.15. The Balaban J connectivity index is 1.87. The van der Waals surface area contributed by atoms with E-state index in [0.29, 0.717) is 4.47 Å². The van der Waals surface area contributed by atoms with Crippen molar-refractivity contribution in [3.8, 4) is 17.6 Å². The van der Waals surface area contributed by atoms with Crippen molar-refractivity contribution in [3.05, 3.63) is 80.0 Å². The molecule has 182 valence electrons. The van der Waals surface area contributed by atoms with Crippen molar-refractivity contribution in [2.24, 2.45) is 5.14 Å². The van der Waals surface area contributed by atoms with Gasteiger partial charge in [-0.1, -0.05) is 0 Å². The molecule has 0 spiro atoms. The molecule has 0 atom stereocenters. The number of rotatable bonds is 7. The molecule has 3 aromatic carbocycles. The van der Waals surface area contributed by atoms with E-state index in [2.05, 4.69) is 37.2 Å². The number of hydrogen-bond acceptors (Lipinski definition) is 5. The highest BCUT2D eigenvalue weighted by Gasteiger charge is 2.21. The largest absolute Gasteiger partial charge is 0.453 e. The summed E-state index contributed by atoms with van der Waals surface area (Å²) in [5.41, 5.74) is -0.404. The maximum absolute atomic E-state index is 15.3. The lowest BCUT2D eigenvalue weighted by molar-refractivity contribution is -0.115. The molecule has 0 saturated heterocycles. The minimum absolute atomic E-state index is 0.0840. The number of nitriles is 1. The van der Waals surface area contributed by atoms with Crippen LogP contribution in [0.2, 0.25) is 0 Å². The van der Waals surface area contributed by atoms with Crippen LogP contribution in [-0.4, -0.2) is 14.3 Å². The van der Waals surface area contributed by atoms with Gasteiger partial charge < -0.3 is 10.1 Å². The summed E-state index contributed by atoms with van der Waals surface area (Å²) in [5, 5.41) is 16.6. The van der Waals surface area contributed by atoms with Crippen molar-refractivity contribution in [3.63, 3.8) is 0 Å². The molecule has 7 nitrogen and oxygen atoms in total. The van der Waals surface area contributed by atoms with Gasteiger partial charge >= 0.3 is 0 Å². The summed E-state index contributed by atoms with van der Waals surface area (Å²) >= 11 is 6.39.